The number of thiazole rings is 1. The Kier molecular flexibility index (Phi) is 4.44. The number of hydrogen-bond acceptors (Lipinski definition) is 4. The number of rotatable bonds is 4. The fraction of sp³-hybridized carbons (Fsp3) is 0.727. The number of halogens is 1. The number of anilines is 1. The average Bonchev–Trinajstić information content (AvgIpc) is 2.74. The van der Waals surface area contributed by atoms with Crippen molar-refractivity contribution in [1.82, 2.24) is 10.3 Å². The molecule has 0 unspecified atom stereocenters. The number of hydrogen-bond donors (Lipinski definition) is 1. The lowest BCUT2D eigenvalue weighted by molar-refractivity contribution is 0.386. The van der Waals surface area contributed by atoms with Crippen LogP contribution in [-0.2, 0) is 0 Å². The highest BCUT2D eigenvalue weighted by atomic mass is 35.5. The van der Waals surface area contributed by atoms with Crippen LogP contribution in [0.4, 0.5) is 5.13 Å². The van der Waals surface area contributed by atoms with Crippen LogP contribution in [0.1, 0.15) is 19.8 Å². The van der Waals surface area contributed by atoms with Crippen LogP contribution in [0.15, 0.2) is 5.38 Å². The lowest BCUT2D eigenvalue weighted by atomic mass is 9.97. The minimum Gasteiger partial charge on any atom is -0.348 e. The summed E-state index contributed by atoms with van der Waals surface area (Å²) in [6, 6.07) is 0. The maximum Gasteiger partial charge on any atom is 0.186 e. The molecule has 5 heteroatoms. The highest BCUT2D eigenvalue weighted by Gasteiger charge is 2.20. The summed E-state index contributed by atoms with van der Waals surface area (Å²) >= 11 is 7.48. The van der Waals surface area contributed by atoms with Crippen molar-refractivity contribution in [3.63, 3.8) is 0 Å². The molecular weight excluding hydrogens is 242 g/mol. The first-order valence-corrected chi connectivity index (χ1v) is 7.12. The minimum absolute atomic E-state index is 0.620. The van der Waals surface area contributed by atoms with Gasteiger partial charge >= 0.3 is 0 Å². The second-order valence-corrected chi connectivity index (χ2v) is 5.41. The van der Waals surface area contributed by atoms with Gasteiger partial charge in [-0.15, -0.1) is 11.3 Å². The van der Waals surface area contributed by atoms with Gasteiger partial charge < -0.3 is 10.2 Å². The van der Waals surface area contributed by atoms with Crippen molar-refractivity contribution < 1.29 is 0 Å². The lowest BCUT2D eigenvalue weighted by Crippen LogP contribution is -2.37. The first kappa shape index (κ1) is 12.1. The van der Waals surface area contributed by atoms with Gasteiger partial charge in [-0.1, -0.05) is 18.5 Å². The first-order chi connectivity index (χ1) is 7.79. The summed E-state index contributed by atoms with van der Waals surface area (Å²) in [7, 11) is 0. The fourth-order valence-corrected chi connectivity index (χ4v) is 3.07. The zero-order valence-electron chi connectivity index (χ0n) is 9.58. The Morgan fingerprint density at radius 2 is 2.31 bits per heavy atom. The van der Waals surface area contributed by atoms with Gasteiger partial charge in [-0.05, 0) is 31.8 Å². The van der Waals surface area contributed by atoms with Crippen molar-refractivity contribution in [2.45, 2.75) is 19.8 Å². The van der Waals surface area contributed by atoms with Gasteiger partial charge in [0.25, 0.3) is 0 Å². The van der Waals surface area contributed by atoms with Crippen LogP contribution >= 0.6 is 22.9 Å². The molecule has 1 N–H and O–H groups in total. The Hall–Kier alpha value is -0.320. The largest absolute Gasteiger partial charge is 0.348 e. The van der Waals surface area contributed by atoms with E-state index in [4.69, 9.17) is 11.6 Å². The second kappa shape index (κ2) is 5.84. The van der Waals surface area contributed by atoms with Crippen molar-refractivity contribution in [2.75, 3.05) is 31.1 Å². The zero-order valence-corrected chi connectivity index (χ0v) is 11.2. The van der Waals surface area contributed by atoms with Crippen LogP contribution in [0.25, 0.3) is 0 Å². The van der Waals surface area contributed by atoms with Gasteiger partial charge in [0.05, 0.1) is 0 Å². The maximum absolute atomic E-state index is 5.84. The van der Waals surface area contributed by atoms with E-state index in [1.54, 1.807) is 11.3 Å². The third-order valence-electron chi connectivity index (χ3n) is 3.03. The second-order valence-electron chi connectivity index (χ2n) is 4.19. The minimum atomic E-state index is 0.620. The van der Waals surface area contributed by atoms with Gasteiger partial charge in [0.2, 0.25) is 0 Å². The summed E-state index contributed by atoms with van der Waals surface area (Å²) < 4.78 is 0. The molecule has 90 valence electrons. The third-order valence-corrected chi connectivity index (χ3v) is 4.26. The van der Waals surface area contributed by atoms with Crippen molar-refractivity contribution >= 4 is 28.1 Å². The van der Waals surface area contributed by atoms with Gasteiger partial charge in [0.15, 0.2) is 5.13 Å². The third kappa shape index (κ3) is 3.09. The van der Waals surface area contributed by atoms with E-state index in [1.807, 2.05) is 5.38 Å². The molecule has 0 amide bonds. The van der Waals surface area contributed by atoms with Crippen molar-refractivity contribution in [2.24, 2.45) is 5.92 Å². The predicted octanol–water partition coefficient (Wildman–Crippen LogP) is 2.62. The molecule has 16 heavy (non-hydrogen) atoms. The fourth-order valence-electron chi connectivity index (χ4n) is 2.07. The topological polar surface area (TPSA) is 28.2 Å². The number of nitrogens with zero attached hydrogens (tertiary/aromatic N) is 2. The van der Waals surface area contributed by atoms with E-state index in [0.717, 1.165) is 37.2 Å². The SMILES string of the molecule is CCNCC1CCN(c2nc(Cl)cs2)CC1. The predicted molar refractivity (Wildman–Crippen MR) is 70.6 cm³/mol. The molecule has 0 bridgehead atoms. The van der Waals surface area contributed by atoms with Crippen LogP contribution in [-0.4, -0.2) is 31.2 Å². The number of aromatic nitrogens is 1. The quantitative estimate of drug-likeness (QED) is 0.901. The van der Waals surface area contributed by atoms with Gasteiger partial charge in [0.1, 0.15) is 5.15 Å². The van der Waals surface area contributed by atoms with Gasteiger partial charge in [-0.25, -0.2) is 4.98 Å². The first-order valence-electron chi connectivity index (χ1n) is 5.86. The van der Waals surface area contributed by atoms with Crippen LogP contribution < -0.4 is 10.2 Å². The maximum atomic E-state index is 5.84. The summed E-state index contributed by atoms with van der Waals surface area (Å²) in [5.74, 6) is 0.826. The summed E-state index contributed by atoms with van der Waals surface area (Å²) in [6.07, 6.45) is 2.51. The smallest absolute Gasteiger partial charge is 0.186 e. The van der Waals surface area contributed by atoms with Gasteiger partial charge in [0, 0.05) is 18.5 Å². The Bertz CT molecular complexity index is 321. The summed E-state index contributed by atoms with van der Waals surface area (Å²) in [5.41, 5.74) is 0. The molecule has 0 spiro atoms. The summed E-state index contributed by atoms with van der Waals surface area (Å²) in [5, 5.41) is 7.02. The van der Waals surface area contributed by atoms with E-state index in [2.05, 4.69) is 22.1 Å². The van der Waals surface area contributed by atoms with E-state index in [-0.39, 0.29) is 0 Å². The van der Waals surface area contributed by atoms with Crippen molar-refractivity contribution in [3.05, 3.63) is 10.5 Å². The van der Waals surface area contributed by atoms with Crippen molar-refractivity contribution in [3.8, 4) is 0 Å². The highest BCUT2D eigenvalue weighted by molar-refractivity contribution is 7.14. The van der Waals surface area contributed by atoms with E-state index in [0.29, 0.717) is 5.15 Å². The molecule has 1 aromatic rings. The standard InChI is InChI=1S/C11H18ClN3S/c1-2-13-7-9-3-5-15(6-4-9)11-14-10(12)8-16-11/h8-9,13H,2-7H2,1H3. The Morgan fingerprint density at radius 3 is 2.88 bits per heavy atom. The molecule has 3 nitrogen and oxygen atoms in total. The molecular formula is C11H18ClN3S. The Labute approximate surface area is 106 Å². The molecule has 0 saturated carbocycles. The molecule has 1 aliphatic rings. The summed E-state index contributed by atoms with van der Waals surface area (Å²) in [4.78, 5) is 6.66. The summed E-state index contributed by atoms with van der Waals surface area (Å²) in [6.45, 7) is 6.61. The van der Waals surface area contributed by atoms with E-state index in [9.17, 15) is 0 Å². The number of nitrogens with one attached hydrogen (secondary N) is 1. The van der Waals surface area contributed by atoms with Crippen LogP contribution in [0.5, 0.6) is 0 Å². The molecule has 0 radical (unpaired) electrons. The van der Waals surface area contributed by atoms with E-state index < -0.39 is 0 Å². The highest BCUT2D eigenvalue weighted by Crippen LogP contribution is 2.27. The van der Waals surface area contributed by atoms with Gasteiger partial charge in [-0.3, -0.25) is 0 Å². The molecule has 0 aliphatic carbocycles. The van der Waals surface area contributed by atoms with Crippen LogP contribution in [0, 0.1) is 5.92 Å². The number of piperidine rings is 1. The van der Waals surface area contributed by atoms with E-state index >= 15 is 0 Å². The van der Waals surface area contributed by atoms with E-state index in [1.165, 1.54) is 12.8 Å². The molecule has 1 aliphatic heterocycles. The lowest BCUT2D eigenvalue weighted by Gasteiger charge is -2.31. The van der Waals surface area contributed by atoms with Crippen LogP contribution in [0.3, 0.4) is 0 Å². The zero-order chi connectivity index (χ0) is 11.4. The normalized spacial score (nSPS) is 18.0. The Balaban J connectivity index is 1.81. The molecule has 1 fully saturated rings. The molecule has 0 atom stereocenters. The molecule has 1 saturated heterocycles. The average molecular weight is 260 g/mol. The molecule has 1 aromatic heterocycles. The Morgan fingerprint density at radius 1 is 1.56 bits per heavy atom. The molecule has 2 heterocycles. The molecule has 2 rings (SSSR count). The van der Waals surface area contributed by atoms with Crippen LogP contribution in [0.2, 0.25) is 5.15 Å². The molecule has 0 aromatic carbocycles. The van der Waals surface area contributed by atoms with Gasteiger partial charge in [-0.2, -0.15) is 0 Å². The monoisotopic (exact) mass is 259 g/mol. The van der Waals surface area contributed by atoms with Crippen molar-refractivity contribution in [1.29, 1.82) is 0 Å².